The molecule has 1 atom stereocenters. The van der Waals surface area contributed by atoms with Crippen molar-refractivity contribution in [1.82, 2.24) is 0 Å². The third-order valence-electron chi connectivity index (χ3n) is 2.50. The van der Waals surface area contributed by atoms with Crippen molar-refractivity contribution in [3.8, 4) is 0 Å². The average molecular weight is 332 g/mol. The van der Waals surface area contributed by atoms with Crippen LogP contribution in [-0.2, 0) is 0 Å². The quantitative estimate of drug-likeness (QED) is 0.639. The molecule has 0 aliphatic heterocycles. The molecule has 24 heavy (non-hydrogen) atoms. The molecule has 0 radical (unpaired) electrons. The first-order valence-electron chi connectivity index (χ1n) is 6.90. The molecule has 128 valence electrons. The number of aliphatic hydroxyl groups is 2. The summed E-state index contributed by atoms with van der Waals surface area (Å²) in [6.07, 6.45) is 0.532. The van der Waals surface area contributed by atoms with Crippen LogP contribution in [0.1, 0.15) is 20.7 Å². The van der Waals surface area contributed by atoms with E-state index in [0.717, 1.165) is 0 Å². The highest BCUT2D eigenvalue weighted by molar-refractivity contribution is 5.87. The Morgan fingerprint density at radius 2 is 1.21 bits per heavy atom. The fraction of sp³-hybridized carbons (Fsp3) is 0.111. The molecule has 2 aromatic rings. The number of carboxylic acid groups (broad SMARTS) is 2. The first-order chi connectivity index (χ1) is 11.4. The Hall–Kier alpha value is -2.96. The molecule has 2 rings (SSSR count). The highest BCUT2D eigenvalue weighted by atomic mass is 16.4. The lowest BCUT2D eigenvalue weighted by atomic mass is 10.2. The van der Waals surface area contributed by atoms with Gasteiger partial charge >= 0.3 is 11.9 Å². The smallest absolute Gasteiger partial charge is 0.335 e. The number of aromatic carboxylic acids is 2. The van der Waals surface area contributed by atoms with Crippen LogP contribution in [0.25, 0.3) is 0 Å². The van der Waals surface area contributed by atoms with Crippen molar-refractivity contribution in [2.24, 2.45) is 0 Å². The minimum atomic E-state index is -0.879. The fourth-order valence-electron chi connectivity index (χ4n) is 1.24. The predicted molar refractivity (Wildman–Crippen MR) is 90.1 cm³/mol. The van der Waals surface area contributed by atoms with Crippen molar-refractivity contribution in [2.45, 2.75) is 6.10 Å². The van der Waals surface area contributed by atoms with E-state index < -0.39 is 18.0 Å². The molecule has 0 saturated carbocycles. The van der Waals surface area contributed by atoms with Gasteiger partial charge < -0.3 is 20.4 Å². The van der Waals surface area contributed by atoms with Gasteiger partial charge in [0, 0.05) is 0 Å². The van der Waals surface area contributed by atoms with Crippen molar-refractivity contribution in [3.63, 3.8) is 0 Å². The standard InChI is InChI=1S/2C7H6O2.C4H8O2/c2*8-7(9)6-4-2-1-3-5-6;1-2-4(6)3-5/h2*1-5H,(H,8,9);2,4-6H,1,3H2. The van der Waals surface area contributed by atoms with E-state index in [4.69, 9.17) is 20.4 Å². The topological polar surface area (TPSA) is 115 Å². The largest absolute Gasteiger partial charge is 0.478 e. The molecular formula is C18H20O6. The van der Waals surface area contributed by atoms with E-state index in [1.807, 2.05) is 0 Å². The molecular weight excluding hydrogens is 312 g/mol. The Bertz CT molecular complexity index is 560. The summed E-state index contributed by atoms with van der Waals surface area (Å²) in [5, 5.41) is 33.1. The molecule has 0 bridgehead atoms. The number of aliphatic hydroxyl groups excluding tert-OH is 2. The van der Waals surface area contributed by atoms with Gasteiger partial charge in [-0.05, 0) is 24.3 Å². The Balaban J connectivity index is 0.000000340. The molecule has 0 aromatic heterocycles. The lowest BCUT2D eigenvalue weighted by Crippen LogP contribution is -2.05. The van der Waals surface area contributed by atoms with Crippen LogP contribution in [-0.4, -0.2) is 45.1 Å². The van der Waals surface area contributed by atoms with E-state index >= 15 is 0 Å². The van der Waals surface area contributed by atoms with Crippen LogP contribution in [0.5, 0.6) is 0 Å². The lowest BCUT2D eigenvalue weighted by Gasteiger charge is -1.93. The van der Waals surface area contributed by atoms with Crippen molar-refractivity contribution in [3.05, 3.63) is 84.4 Å². The van der Waals surface area contributed by atoms with Crippen LogP contribution in [0.3, 0.4) is 0 Å². The van der Waals surface area contributed by atoms with Crippen LogP contribution >= 0.6 is 0 Å². The molecule has 0 saturated heterocycles. The Labute approximate surface area is 140 Å². The summed E-state index contributed by atoms with van der Waals surface area (Å²) in [5.41, 5.74) is 0.662. The van der Waals surface area contributed by atoms with Gasteiger partial charge in [-0.15, -0.1) is 6.58 Å². The molecule has 0 aliphatic rings. The van der Waals surface area contributed by atoms with Gasteiger partial charge in [0.1, 0.15) is 0 Å². The fourth-order valence-corrected chi connectivity index (χ4v) is 1.24. The molecule has 1 unspecified atom stereocenters. The Morgan fingerprint density at radius 1 is 0.875 bits per heavy atom. The zero-order valence-corrected chi connectivity index (χ0v) is 12.9. The Kier molecular flexibility index (Phi) is 11.0. The molecule has 4 N–H and O–H groups in total. The lowest BCUT2D eigenvalue weighted by molar-refractivity contribution is 0.0686. The summed E-state index contributed by atoms with van der Waals surface area (Å²) in [4.78, 5) is 20.4. The number of hydrogen-bond donors (Lipinski definition) is 4. The van der Waals surface area contributed by atoms with Crippen LogP contribution in [0.4, 0.5) is 0 Å². The molecule has 6 heteroatoms. The maximum Gasteiger partial charge on any atom is 0.335 e. The number of benzene rings is 2. The van der Waals surface area contributed by atoms with E-state index in [2.05, 4.69) is 6.58 Å². The van der Waals surface area contributed by atoms with Gasteiger partial charge in [-0.25, -0.2) is 9.59 Å². The molecule has 0 heterocycles. The van der Waals surface area contributed by atoms with Crippen LogP contribution in [0.15, 0.2) is 73.3 Å². The maximum atomic E-state index is 10.2. The van der Waals surface area contributed by atoms with Gasteiger partial charge in [0.05, 0.1) is 23.8 Å². The second kappa shape index (κ2) is 12.6. The van der Waals surface area contributed by atoms with E-state index in [-0.39, 0.29) is 6.61 Å². The van der Waals surface area contributed by atoms with E-state index in [1.54, 1.807) is 60.7 Å². The molecule has 0 aliphatic carbocycles. The van der Waals surface area contributed by atoms with Crippen molar-refractivity contribution >= 4 is 11.9 Å². The third-order valence-corrected chi connectivity index (χ3v) is 2.50. The number of carboxylic acids is 2. The first-order valence-corrected chi connectivity index (χ1v) is 6.90. The highest BCUT2D eigenvalue weighted by Crippen LogP contribution is 1.96. The SMILES string of the molecule is C=CC(O)CO.O=C(O)c1ccccc1.O=C(O)c1ccccc1. The highest BCUT2D eigenvalue weighted by Gasteiger charge is 1.97. The third kappa shape index (κ3) is 9.88. The molecule has 2 aromatic carbocycles. The van der Waals surface area contributed by atoms with E-state index in [1.165, 1.54) is 6.08 Å². The monoisotopic (exact) mass is 332 g/mol. The second-order valence-corrected chi connectivity index (χ2v) is 4.33. The van der Waals surface area contributed by atoms with Crippen LogP contribution in [0, 0.1) is 0 Å². The summed E-state index contributed by atoms with van der Waals surface area (Å²) < 4.78 is 0. The number of rotatable bonds is 4. The normalized spacial score (nSPS) is 10.1. The van der Waals surface area contributed by atoms with Crippen molar-refractivity contribution in [2.75, 3.05) is 6.61 Å². The van der Waals surface area contributed by atoms with Gasteiger partial charge in [-0.3, -0.25) is 0 Å². The summed E-state index contributed by atoms with van der Waals surface area (Å²) in [5.74, 6) is -1.76. The van der Waals surface area contributed by atoms with Gasteiger partial charge in [-0.2, -0.15) is 0 Å². The Morgan fingerprint density at radius 3 is 1.33 bits per heavy atom. The summed E-state index contributed by atoms with van der Waals surface area (Å²) in [7, 11) is 0. The summed E-state index contributed by atoms with van der Waals surface area (Å²) in [6.45, 7) is 2.99. The number of carbonyl (C=O) groups is 2. The zero-order valence-electron chi connectivity index (χ0n) is 12.9. The number of hydrogen-bond acceptors (Lipinski definition) is 4. The van der Waals surface area contributed by atoms with Gasteiger partial charge in [-0.1, -0.05) is 42.5 Å². The minimum Gasteiger partial charge on any atom is -0.478 e. The average Bonchev–Trinajstić information content (AvgIpc) is 2.63. The van der Waals surface area contributed by atoms with E-state index in [9.17, 15) is 9.59 Å². The molecule has 6 nitrogen and oxygen atoms in total. The van der Waals surface area contributed by atoms with Crippen molar-refractivity contribution < 1.29 is 30.0 Å². The molecule has 0 amide bonds. The van der Waals surface area contributed by atoms with E-state index in [0.29, 0.717) is 11.1 Å². The molecule has 0 spiro atoms. The minimum absolute atomic E-state index is 0.233. The first kappa shape index (κ1) is 21.0. The van der Waals surface area contributed by atoms with Gasteiger partial charge in [0.15, 0.2) is 0 Å². The van der Waals surface area contributed by atoms with Crippen LogP contribution in [0.2, 0.25) is 0 Å². The maximum absolute atomic E-state index is 10.2. The predicted octanol–water partition coefficient (Wildman–Crippen LogP) is 2.30. The molecule has 0 fully saturated rings. The van der Waals surface area contributed by atoms with Gasteiger partial charge in [0.25, 0.3) is 0 Å². The summed E-state index contributed by atoms with van der Waals surface area (Å²) >= 11 is 0. The second-order valence-electron chi connectivity index (χ2n) is 4.33. The zero-order chi connectivity index (χ0) is 18.4. The van der Waals surface area contributed by atoms with Gasteiger partial charge in [0.2, 0.25) is 0 Å². The summed E-state index contributed by atoms with van der Waals surface area (Å²) in [6, 6.07) is 16.6. The van der Waals surface area contributed by atoms with Crippen molar-refractivity contribution in [1.29, 1.82) is 0 Å². The van der Waals surface area contributed by atoms with Crippen LogP contribution < -0.4 is 0 Å².